The molecular formula is C23H22N2O2S. The minimum absolute atomic E-state index is 0.710. The second kappa shape index (κ2) is 7.70. The number of aliphatic imine (C=N–C) groups is 1. The Labute approximate surface area is 169 Å². The number of aryl methyl sites for hydroxylation is 2. The molecule has 1 aromatic heterocycles. The molecule has 1 N–H and O–H groups in total. The molecule has 4 rings (SSSR count). The van der Waals surface area contributed by atoms with Gasteiger partial charge in [-0.15, -0.1) is 0 Å². The van der Waals surface area contributed by atoms with Crippen LogP contribution in [-0.2, 0) is 0 Å². The Balaban J connectivity index is 1.56. The summed E-state index contributed by atoms with van der Waals surface area (Å²) in [5, 5.41) is 11.3. The van der Waals surface area contributed by atoms with Crippen LogP contribution in [0.25, 0.3) is 17.4 Å². The average Bonchev–Trinajstić information content (AvgIpc) is 3.25. The minimum atomic E-state index is -0.734. The van der Waals surface area contributed by atoms with Crippen molar-refractivity contribution < 1.29 is 9.52 Å². The molecule has 1 unspecified atom stereocenters. The predicted octanol–water partition coefficient (Wildman–Crippen LogP) is 5.59. The van der Waals surface area contributed by atoms with Crippen molar-refractivity contribution in [3.63, 3.8) is 0 Å². The molecule has 0 radical (unpaired) electrons. The molecule has 1 saturated heterocycles. The molecular weight excluding hydrogens is 368 g/mol. The number of nitrogens with zero attached hydrogens (tertiary/aromatic N) is 2. The molecule has 28 heavy (non-hydrogen) atoms. The molecule has 1 fully saturated rings. The van der Waals surface area contributed by atoms with E-state index in [1.54, 1.807) is 4.90 Å². The normalized spacial score (nSPS) is 19.7. The van der Waals surface area contributed by atoms with Crippen molar-refractivity contribution in [3.8, 4) is 11.3 Å². The highest BCUT2D eigenvalue weighted by atomic mass is 32.2. The fourth-order valence-electron chi connectivity index (χ4n) is 2.90. The third-order valence-corrected chi connectivity index (χ3v) is 5.76. The summed E-state index contributed by atoms with van der Waals surface area (Å²) < 4.78 is 5.96. The monoisotopic (exact) mass is 390 g/mol. The summed E-state index contributed by atoms with van der Waals surface area (Å²) in [5.41, 5.74) is 4.31. The highest BCUT2D eigenvalue weighted by Gasteiger charge is 2.30. The van der Waals surface area contributed by atoms with Crippen molar-refractivity contribution in [2.24, 2.45) is 4.99 Å². The van der Waals surface area contributed by atoms with Crippen LogP contribution < -0.4 is 0 Å². The van der Waals surface area contributed by atoms with Crippen molar-refractivity contribution >= 4 is 28.7 Å². The zero-order valence-electron chi connectivity index (χ0n) is 16.1. The third-order valence-electron chi connectivity index (χ3n) is 4.64. The van der Waals surface area contributed by atoms with Crippen molar-refractivity contribution in [1.82, 2.24) is 4.90 Å². The summed E-state index contributed by atoms with van der Waals surface area (Å²) >= 11 is 1.45. The molecule has 0 aliphatic carbocycles. The summed E-state index contributed by atoms with van der Waals surface area (Å²) in [5.74, 6) is 1.52. The van der Waals surface area contributed by atoms with Crippen molar-refractivity contribution in [3.05, 3.63) is 82.5 Å². The Hall–Kier alpha value is -2.76. The first kappa shape index (κ1) is 18.6. The summed E-state index contributed by atoms with van der Waals surface area (Å²) in [6, 6.07) is 20.1. The molecule has 1 aliphatic heterocycles. The summed E-state index contributed by atoms with van der Waals surface area (Å²) in [7, 11) is 1.84. The van der Waals surface area contributed by atoms with E-state index in [-0.39, 0.29) is 0 Å². The maximum Gasteiger partial charge on any atom is 0.171 e. The smallest absolute Gasteiger partial charge is 0.171 e. The number of aliphatic hydroxyl groups is 1. The summed E-state index contributed by atoms with van der Waals surface area (Å²) in [6.07, 6.45) is 1.14. The Morgan fingerprint density at radius 2 is 1.61 bits per heavy atom. The zero-order chi connectivity index (χ0) is 19.7. The van der Waals surface area contributed by atoms with Gasteiger partial charge in [0.25, 0.3) is 0 Å². The second-order valence-corrected chi connectivity index (χ2v) is 7.97. The van der Waals surface area contributed by atoms with E-state index in [0.29, 0.717) is 5.76 Å². The van der Waals surface area contributed by atoms with E-state index < -0.39 is 6.23 Å². The Bertz CT molecular complexity index is 1030. The van der Waals surface area contributed by atoms with Crippen LogP contribution in [0.3, 0.4) is 0 Å². The third kappa shape index (κ3) is 3.91. The first-order chi connectivity index (χ1) is 13.5. The first-order valence-electron chi connectivity index (χ1n) is 9.12. The van der Waals surface area contributed by atoms with E-state index in [0.717, 1.165) is 27.1 Å². The Morgan fingerprint density at radius 3 is 2.29 bits per heavy atom. The lowest BCUT2D eigenvalue weighted by molar-refractivity contribution is 0.119. The molecule has 0 amide bonds. The van der Waals surface area contributed by atoms with E-state index in [1.165, 1.54) is 22.9 Å². The van der Waals surface area contributed by atoms with Gasteiger partial charge in [0.15, 0.2) is 11.4 Å². The van der Waals surface area contributed by atoms with Gasteiger partial charge in [-0.25, -0.2) is 4.99 Å². The molecule has 4 nitrogen and oxygen atoms in total. The molecule has 3 aromatic rings. The van der Waals surface area contributed by atoms with E-state index in [9.17, 15) is 5.11 Å². The Morgan fingerprint density at radius 1 is 0.964 bits per heavy atom. The number of rotatable bonds is 3. The zero-order valence-corrected chi connectivity index (χ0v) is 16.9. The quantitative estimate of drug-likeness (QED) is 0.633. The van der Waals surface area contributed by atoms with Crippen LogP contribution >= 0.6 is 11.8 Å². The van der Waals surface area contributed by atoms with Gasteiger partial charge in [0.1, 0.15) is 11.5 Å². The lowest BCUT2D eigenvalue weighted by atomic mass is 10.1. The van der Waals surface area contributed by atoms with Gasteiger partial charge in [-0.1, -0.05) is 59.3 Å². The molecule has 2 aromatic carbocycles. The van der Waals surface area contributed by atoms with Gasteiger partial charge in [0, 0.05) is 17.5 Å². The number of hydrogen-bond donors (Lipinski definition) is 1. The largest absolute Gasteiger partial charge is 0.457 e. The molecule has 5 heteroatoms. The number of benzene rings is 2. The van der Waals surface area contributed by atoms with Gasteiger partial charge in [-0.3, -0.25) is 0 Å². The predicted molar refractivity (Wildman–Crippen MR) is 116 cm³/mol. The van der Waals surface area contributed by atoms with Gasteiger partial charge in [-0.2, -0.15) is 0 Å². The number of likely N-dealkylation sites (N-methyl/N-ethyl adjacent to an activating group) is 1. The molecule has 142 valence electrons. The number of thioether (sulfide) groups is 1. The van der Waals surface area contributed by atoms with E-state index >= 15 is 0 Å². The number of aliphatic hydroxyl groups excluding tert-OH is 1. The van der Waals surface area contributed by atoms with Crippen LogP contribution in [0, 0.1) is 13.8 Å². The van der Waals surface area contributed by atoms with E-state index in [2.05, 4.69) is 24.0 Å². The maximum atomic E-state index is 10.6. The number of hydrogen-bond acceptors (Lipinski definition) is 4. The van der Waals surface area contributed by atoms with Crippen molar-refractivity contribution in [1.29, 1.82) is 0 Å². The van der Waals surface area contributed by atoms with Crippen LogP contribution in [0.1, 0.15) is 16.9 Å². The van der Waals surface area contributed by atoms with E-state index in [4.69, 9.17) is 4.42 Å². The second-order valence-electron chi connectivity index (χ2n) is 6.93. The highest BCUT2D eigenvalue weighted by Crippen LogP contribution is 2.36. The van der Waals surface area contributed by atoms with Gasteiger partial charge >= 0.3 is 0 Å². The lowest BCUT2D eigenvalue weighted by Gasteiger charge is -2.15. The number of amidine groups is 1. The fourth-order valence-corrected chi connectivity index (χ4v) is 3.95. The van der Waals surface area contributed by atoms with Gasteiger partial charge in [-0.05, 0) is 44.2 Å². The van der Waals surface area contributed by atoms with Crippen molar-refractivity contribution in [2.45, 2.75) is 20.1 Å². The van der Waals surface area contributed by atoms with Crippen LogP contribution in [0.15, 0.2) is 75.0 Å². The van der Waals surface area contributed by atoms with Gasteiger partial charge in [0.2, 0.25) is 0 Å². The van der Waals surface area contributed by atoms with Crippen LogP contribution in [-0.4, -0.2) is 28.4 Å². The molecule has 0 spiro atoms. The highest BCUT2D eigenvalue weighted by molar-refractivity contribution is 8.17. The minimum Gasteiger partial charge on any atom is -0.457 e. The summed E-state index contributed by atoms with van der Waals surface area (Å²) in [6.45, 7) is 4.11. The average molecular weight is 391 g/mol. The first-order valence-corrected chi connectivity index (χ1v) is 9.94. The van der Waals surface area contributed by atoms with E-state index in [1.807, 2.05) is 68.6 Å². The molecule has 0 saturated carbocycles. The maximum absolute atomic E-state index is 10.6. The molecule has 0 bridgehead atoms. The molecule has 1 aliphatic rings. The topological polar surface area (TPSA) is 49.0 Å². The molecule has 1 atom stereocenters. The van der Waals surface area contributed by atoms with Crippen LogP contribution in [0.2, 0.25) is 0 Å². The molecule has 2 heterocycles. The Kier molecular flexibility index (Phi) is 5.11. The van der Waals surface area contributed by atoms with Gasteiger partial charge in [0.05, 0.1) is 5.69 Å². The van der Waals surface area contributed by atoms with Crippen LogP contribution in [0.5, 0.6) is 0 Å². The number of furan rings is 1. The standard InChI is InChI=1S/C23H22N2O2S/c1-15-4-8-17(9-5-15)20-13-12-19(27-20)14-21-22(26)25(3)23(28-21)24-18-10-6-16(2)7-11-18/h4-14,22,26H,1-3H3/b21-14-,24-23?. The van der Waals surface area contributed by atoms with Crippen molar-refractivity contribution in [2.75, 3.05) is 7.05 Å². The summed E-state index contributed by atoms with van der Waals surface area (Å²) in [4.78, 5) is 7.21. The lowest BCUT2D eigenvalue weighted by Crippen LogP contribution is -2.28. The van der Waals surface area contributed by atoms with Gasteiger partial charge < -0.3 is 14.4 Å². The van der Waals surface area contributed by atoms with Crippen LogP contribution in [0.4, 0.5) is 5.69 Å². The SMILES string of the molecule is Cc1ccc(N=C2S/C(=C\c3ccc(-c4ccc(C)cc4)o3)C(O)N2C)cc1. The fraction of sp³-hybridized carbons (Fsp3) is 0.174.